The van der Waals surface area contributed by atoms with E-state index in [9.17, 15) is 0 Å². The summed E-state index contributed by atoms with van der Waals surface area (Å²) in [4.78, 5) is 13.0. The molecule has 0 bridgehead atoms. The van der Waals surface area contributed by atoms with Crippen molar-refractivity contribution >= 4 is 5.96 Å². The second kappa shape index (κ2) is 7.99. The molecule has 0 saturated heterocycles. The quantitative estimate of drug-likeness (QED) is 0.523. The minimum absolute atomic E-state index is 0.280. The monoisotopic (exact) mass is 378 g/mol. The van der Waals surface area contributed by atoms with Crippen molar-refractivity contribution in [3.63, 3.8) is 0 Å². The number of benzene rings is 1. The number of fused-ring (bicyclic) bond motifs is 1. The van der Waals surface area contributed by atoms with Crippen LogP contribution in [0.25, 0.3) is 5.82 Å². The lowest BCUT2D eigenvalue weighted by molar-refractivity contribution is 0.174. The predicted molar refractivity (Wildman–Crippen MR) is 106 cm³/mol. The van der Waals surface area contributed by atoms with Crippen LogP contribution in [0.4, 0.5) is 0 Å². The largest absolute Gasteiger partial charge is 0.454 e. The van der Waals surface area contributed by atoms with Crippen molar-refractivity contribution in [2.75, 3.05) is 13.8 Å². The van der Waals surface area contributed by atoms with Gasteiger partial charge in [-0.05, 0) is 36.2 Å². The molecule has 0 saturated carbocycles. The Kier molecular flexibility index (Phi) is 5.09. The third kappa shape index (κ3) is 3.90. The Morgan fingerprint density at radius 1 is 1.07 bits per heavy atom. The van der Waals surface area contributed by atoms with E-state index in [1.165, 1.54) is 0 Å². The summed E-state index contributed by atoms with van der Waals surface area (Å²) in [5.74, 6) is 4.04. The first-order valence-corrected chi connectivity index (χ1v) is 9.01. The van der Waals surface area contributed by atoms with Crippen molar-refractivity contribution in [2.24, 2.45) is 4.99 Å². The van der Waals surface area contributed by atoms with Crippen molar-refractivity contribution < 1.29 is 9.47 Å². The van der Waals surface area contributed by atoms with E-state index in [4.69, 9.17) is 9.47 Å². The van der Waals surface area contributed by atoms with Crippen LogP contribution in [-0.2, 0) is 13.1 Å². The summed E-state index contributed by atoms with van der Waals surface area (Å²) in [7, 11) is 1.75. The van der Waals surface area contributed by atoms with Gasteiger partial charge in [0, 0.05) is 38.7 Å². The Hall–Kier alpha value is -3.55. The number of hydrogen-bond donors (Lipinski definition) is 2. The first-order valence-electron chi connectivity index (χ1n) is 9.01. The summed E-state index contributed by atoms with van der Waals surface area (Å²) in [6, 6.07) is 9.93. The second-order valence-corrected chi connectivity index (χ2v) is 6.34. The zero-order chi connectivity index (χ0) is 19.3. The van der Waals surface area contributed by atoms with Gasteiger partial charge in [0.2, 0.25) is 6.79 Å². The van der Waals surface area contributed by atoms with E-state index in [2.05, 4.69) is 25.6 Å². The summed E-state index contributed by atoms with van der Waals surface area (Å²) in [6.07, 6.45) is 5.52. The van der Waals surface area contributed by atoms with Gasteiger partial charge in [-0.1, -0.05) is 12.1 Å². The average Bonchev–Trinajstić information content (AvgIpc) is 3.37. The third-order valence-corrected chi connectivity index (χ3v) is 4.46. The van der Waals surface area contributed by atoms with Gasteiger partial charge in [-0.2, -0.15) is 0 Å². The molecule has 0 radical (unpaired) electrons. The maximum atomic E-state index is 5.41. The highest BCUT2D eigenvalue weighted by Crippen LogP contribution is 2.32. The molecule has 1 aliphatic heterocycles. The molecule has 0 spiro atoms. The molecule has 3 aromatic rings. The molecule has 0 atom stereocenters. The molecule has 0 fully saturated rings. The Bertz CT molecular complexity index is 981. The fourth-order valence-corrected chi connectivity index (χ4v) is 2.93. The zero-order valence-corrected chi connectivity index (χ0v) is 15.8. The lowest BCUT2D eigenvalue weighted by Crippen LogP contribution is -2.36. The highest BCUT2D eigenvalue weighted by Gasteiger charge is 2.13. The van der Waals surface area contributed by atoms with Crippen LogP contribution in [0.1, 0.15) is 17.0 Å². The Labute approximate surface area is 163 Å². The van der Waals surface area contributed by atoms with E-state index in [1.807, 2.05) is 54.2 Å². The lowest BCUT2D eigenvalue weighted by atomic mass is 10.2. The molecule has 8 nitrogen and oxygen atoms in total. The van der Waals surface area contributed by atoms with E-state index in [0.29, 0.717) is 19.0 Å². The number of ether oxygens (including phenoxy) is 2. The Morgan fingerprint density at radius 3 is 2.57 bits per heavy atom. The number of nitrogens with zero attached hydrogens (tertiary/aromatic N) is 4. The van der Waals surface area contributed by atoms with E-state index in [-0.39, 0.29) is 6.79 Å². The molecule has 144 valence electrons. The molecule has 28 heavy (non-hydrogen) atoms. The molecule has 0 unspecified atom stereocenters. The number of nitrogens with one attached hydrogen (secondary N) is 2. The van der Waals surface area contributed by atoms with E-state index in [0.717, 1.165) is 34.3 Å². The van der Waals surface area contributed by atoms with Gasteiger partial charge in [0.15, 0.2) is 17.5 Å². The number of imidazole rings is 1. The minimum atomic E-state index is 0.280. The summed E-state index contributed by atoms with van der Waals surface area (Å²) in [5, 5.41) is 6.60. The first-order chi connectivity index (χ1) is 13.7. The standard InChI is InChI=1S/C20H22N6O2/c1-14-22-7-8-26(14)19-6-4-16(11-23-19)12-25-20(21-2)24-10-15-3-5-17-18(9-15)28-13-27-17/h3-9,11H,10,12-13H2,1-2H3,(H2,21,24,25). The number of aryl methyl sites for hydroxylation is 1. The van der Waals surface area contributed by atoms with Crippen molar-refractivity contribution in [2.45, 2.75) is 20.0 Å². The highest BCUT2D eigenvalue weighted by atomic mass is 16.7. The summed E-state index contributed by atoms with van der Waals surface area (Å²) < 4.78 is 12.7. The van der Waals surface area contributed by atoms with Crippen LogP contribution in [0.5, 0.6) is 11.5 Å². The van der Waals surface area contributed by atoms with Crippen molar-refractivity contribution in [3.8, 4) is 17.3 Å². The number of aromatic nitrogens is 3. The number of guanidine groups is 1. The molecule has 1 aliphatic rings. The molecular formula is C20H22N6O2. The highest BCUT2D eigenvalue weighted by molar-refractivity contribution is 5.79. The van der Waals surface area contributed by atoms with Gasteiger partial charge in [-0.3, -0.25) is 9.56 Å². The maximum Gasteiger partial charge on any atom is 0.231 e. The van der Waals surface area contributed by atoms with Crippen molar-refractivity contribution in [1.29, 1.82) is 0 Å². The predicted octanol–water partition coefficient (Wildman–Crippen LogP) is 2.17. The molecular weight excluding hydrogens is 356 g/mol. The third-order valence-electron chi connectivity index (χ3n) is 4.46. The molecule has 2 aromatic heterocycles. The van der Waals surface area contributed by atoms with Crippen LogP contribution < -0.4 is 20.1 Å². The fourth-order valence-electron chi connectivity index (χ4n) is 2.93. The van der Waals surface area contributed by atoms with Crippen molar-refractivity contribution in [3.05, 3.63) is 65.9 Å². The van der Waals surface area contributed by atoms with Gasteiger partial charge in [0.05, 0.1) is 0 Å². The summed E-state index contributed by atoms with van der Waals surface area (Å²) in [5.41, 5.74) is 2.15. The molecule has 1 aromatic carbocycles. The molecule has 3 heterocycles. The van der Waals surface area contributed by atoms with Crippen LogP contribution in [0.15, 0.2) is 53.9 Å². The summed E-state index contributed by atoms with van der Waals surface area (Å²) >= 11 is 0. The van der Waals surface area contributed by atoms with E-state index < -0.39 is 0 Å². The first kappa shape index (κ1) is 17.8. The molecule has 8 heteroatoms. The number of hydrogen-bond acceptors (Lipinski definition) is 5. The smallest absolute Gasteiger partial charge is 0.231 e. The molecule has 0 amide bonds. The number of pyridine rings is 1. The van der Waals surface area contributed by atoms with Crippen LogP contribution in [0.2, 0.25) is 0 Å². The van der Waals surface area contributed by atoms with E-state index >= 15 is 0 Å². The van der Waals surface area contributed by atoms with Gasteiger partial charge < -0.3 is 20.1 Å². The van der Waals surface area contributed by atoms with Crippen molar-refractivity contribution in [1.82, 2.24) is 25.2 Å². The Balaban J connectivity index is 1.31. The van der Waals surface area contributed by atoms with Crippen LogP contribution in [0.3, 0.4) is 0 Å². The lowest BCUT2D eigenvalue weighted by Gasteiger charge is -2.12. The average molecular weight is 378 g/mol. The van der Waals surface area contributed by atoms with E-state index in [1.54, 1.807) is 13.2 Å². The molecule has 4 rings (SSSR count). The zero-order valence-electron chi connectivity index (χ0n) is 15.8. The van der Waals surface area contributed by atoms with Crippen LogP contribution in [-0.4, -0.2) is 34.3 Å². The van der Waals surface area contributed by atoms with Gasteiger partial charge in [-0.15, -0.1) is 0 Å². The summed E-state index contributed by atoms with van der Waals surface area (Å²) in [6.45, 7) is 3.49. The molecule has 2 N–H and O–H groups in total. The topological polar surface area (TPSA) is 85.6 Å². The maximum absolute atomic E-state index is 5.41. The fraction of sp³-hybridized carbons (Fsp3) is 0.250. The van der Waals surface area contributed by atoms with Gasteiger partial charge in [0.25, 0.3) is 0 Å². The minimum Gasteiger partial charge on any atom is -0.454 e. The number of aliphatic imine (C=N–C) groups is 1. The van der Waals surface area contributed by atoms with Gasteiger partial charge in [0.1, 0.15) is 11.6 Å². The second-order valence-electron chi connectivity index (χ2n) is 6.34. The van der Waals surface area contributed by atoms with Gasteiger partial charge in [-0.25, -0.2) is 9.97 Å². The normalized spacial score (nSPS) is 12.9. The number of rotatable bonds is 5. The molecule has 0 aliphatic carbocycles. The van der Waals surface area contributed by atoms with Gasteiger partial charge >= 0.3 is 0 Å². The Morgan fingerprint density at radius 2 is 1.86 bits per heavy atom. The van der Waals surface area contributed by atoms with Crippen LogP contribution in [0, 0.1) is 6.92 Å². The SMILES string of the molecule is CN=C(NCc1ccc(-n2ccnc2C)nc1)NCc1ccc2c(c1)OCO2. The van der Waals surface area contributed by atoms with Crippen LogP contribution >= 0.6 is 0 Å².